The second-order valence-electron chi connectivity index (χ2n) is 7.50. The summed E-state index contributed by atoms with van der Waals surface area (Å²) < 4.78 is 16.2. The van der Waals surface area contributed by atoms with E-state index < -0.39 is 0 Å². The number of allylic oxidation sites excluding steroid dienone is 3. The van der Waals surface area contributed by atoms with E-state index in [1.54, 1.807) is 12.0 Å². The van der Waals surface area contributed by atoms with Crippen LogP contribution in [0.2, 0.25) is 0 Å². The van der Waals surface area contributed by atoms with Gasteiger partial charge in [-0.15, -0.1) is 0 Å². The highest BCUT2D eigenvalue weighted by atomic mass is 16.6. The minimum atomic E-state index is -0.165. The van der Waals surface area contributed by atoms with Gasteiger partial charge in [0.05, 0.1) is 6.61 Å². The predicted octanol–water partition coefficient (Wildman–Crippen LogP) is 3.94. The Morgan fingerprint density at radius 3 is 2.81 bits per heavy atom. The van der Waals surface area contributed by atoms with Crippen LogP contribution < -0.4 is 4.74 Å². The second-order valence-corrected chi connectivity index (χ2v) is 7.50. The van der Waals surface area contributed by atoms with E-state index in [-0.39, 0.29) is 24.0 Å². The number of amides is 1. The van der Waals surface area contributed by atoms with Gasteiger partial charge in [0.1, 0.15) is 5.52 Å². The van der Waals surface area contributed by atoms with Gasteiger partial charge in [0.15, 0.2) is 12.2 Å². The first-order chi connectivity index (χ1) is 12.9. The van der Waals surface area contributed by atoms with Crippen LogP contribution >= 0.6 is 0 Å². The van der Waals surface area contributed by atoms with Crippen LogP contribution in [0.5, 0.6) is 6.08 Å². The molecule has 1 amide bonds. The van der Waals surface area contributed by atoms with Crippen LogP contribution in [0.15, 0.2) is 52.1 Å². The molecule has 0 unspecified atom stereocenters. The maximum atomic E-state index is 12.9. The average molecular weight is 370 g/mol. The molecule has 0 radical (unpaired) electrons. The quantitative estimate of drug-likeness (QED) is 0.739. The van der Waals surface area contributed by atoms with E-state index in [4.69, 9.17) is 13.9 Å². The van der Waals surface area contributed by atoms with E-state index in [1.165, 1.54) is 5.57 Å². The maximum Gasteiger partial charge on any atom is 0.395 e. The van der Waals surface area contributed by atoms with Crippen molar-refractivity contribution < 1.29 is 18.7 Å². The van der Waals surface area contributed by atoms with Gasteiger partial charge in [-0.2, -0.15) is 4.98 Å². The predicted molar refractivity (Wildman–Crippen MR) is 103 cm³/mol. The number of hydrogen-bond acceptors (Lipinski definition) is 5. The molecule has 144 valence electrons. The molecule has 1 aromatic carbocycles. The Labute approximate surface area is 159 Å². The van der Waals surface area contributed by atoms with Crippen molar-refractivity contribution in [1.82, 2.24) is 9.88 Å². The highest BCUT2D eigenvalue weighted by Gasteiger charge is 2.26. The van der Waals surface area contributed by atoms with Crippen molar-refractivity contribution >= 4 is 17.0 Å². The largest absolute Gasteiger partial charge is 0.440 e. The molecule has 6 nitrogen and oxygen atoms in total. The molecule has 0 N–H and O–H groups in total. The van der Waals surface area contributed by atoms with Crippen LogP contribution in [-0.4, -0.2) is 42.7 Å². The van der Waals surface area contributed by atoms with E-state index in [0.717, 1.165) is 12.1 Å². The number of oxazole rings is 1. The van der Waals surface area contributed by atoms with Gasteiger partial charge in [-0.1, -0.05) is 37.6 Å². The van der Waals surface area contributed by atoms with Gasteiger partial charge in [0.2, 0.25) is 0 Å². The summed E-state index contributed by atoms with van der Waals surface area (Å²) in [7, 11) is 1.62. The molecule has 1 aliphatic rings. The Balaban J connectivity index is 1.74. The molecular weight excluding hydrogens is 344 g/mol. The number of carbonyl (C=O) groups is 1. The lowest BCUT2D eigenvalue weighted by Crippen LogP contribution is -2.37. The van der Waals surface area contributed by atoms with E-state index in [9.17, 15) is 4.79 Å². The van der Waals surface area contributed by atoms with Crippen molar-refractivity contribution in [1.29, 1.82) is 0 Å². The van der Waals surface area contributed by atoms with Crippen LogP contribution in [0.3, 0.4) is 0 Å². The first-order valence-corrected chi connectivity index (χ1v) is 9.06. The number of nitrogens with zero attached hydrogens (tertiary/aromatic N) is 2. The fourth-order valence-corrected chi connectivity index (χ4v) is 3.37. The Bertz CT molecular complexity index is 846. The number of hydrogen-bond donors (Lipinski definition) is 0. The van der Waals surface area contributed by atoms with Gasteiger partial charge in [0.25, 0.3) is 5.91 Å². The molecular formula is C21H26N2O4. The summed E-state index contributed by atoms with van der Waals surface area (Å²) in [6, 6.07) is 7.38. The van der Waals surface area contributed by atoms with E-state index in [0.29, 0.717) is 24.3 Å². The zero-order chi connectivity index (χ0) is 19.4. The minimum absolute atomic E-state index is 0.000909. The number of carbonyl (C=O) groups excluding carboxylic acids is 1. The summed E-state index contributed by atoms with van der Waals surface area (Å²) >= 11 is 0. The van der Waals surface area contributed by atoms with Gasteiger partial charge in [-0.05, 0) is 37.0 Å². The molecule has 0 saturated heterocycles. The zero-order valence-corrected chi connectivity index (χ0v) is 16.3. The van der Waals surface area contributed by atoms with Crippen LogP contribution in [-0.2, 0) is 9.53 Å². The zero-order valence-electron chi connectivity index (χ0n) is 16.3. The molecule has 0 bridgehead atoms. The molecule has 0 fully saturated rings. The summed E-state index contributed by atoms with van der Waals surface area (Å²) in [6.07, 6.45) is 5.26. The molecule has 1 aromatic heterocycles. The van der Waals surface area contributed by atoms with Crippen molar-refractivity contribution in [2.45, 2.75) is 27.2 Å². The normalized spacial score (nSPS) is 16.0. The molecule has 1 aliphatic carbocycles. The molecule has 2 aromatic rings. The molecule has 6 heteroatoms. The minimum Gasteiger partial charge on any atom is -0.440 e. The number of benzene rings is 1. The van der Waals surface area contributed by atoms with Crippen molar-refractivity contribution in [3.8, 4) is 6.08 Å². The number of methoxy groups -OCH3 is 1. The molecule has 3 rings (SSSR count). The van der Waals surface area contributed by atoms with Crippen molar-refractivity contribution in [3.05, 3.63) is 47.7 Å². The standard InChI is InChI=1S/C21H26N2O4/c1-15-11-16(13-21(2,3)12-15)23(9-10-25-4)19(24)14-26-20-22-17-7-5-6-8-18(17)27-20/h5-8,11,13H,9-10,12,14H2,1-4H3. The summed E-state index contributed by atoms with van der Waals surface area (Å²) in [6.45, 7) is 7.16. The third kappa shape index (κ3) is 4.77. The van der Waals surface area contributed by atoms with Crippen molar-refractivity contribution in [2.24, 2.45) is 5.41 Å². The number of ether oxygens (including phenoxy) is 2. The Hall–Kier alpha value is -2.60. The summed E-state index contributed by atoms with van der Waals surface area (Å²) in [5.41, 5.74) is 3.46. The highest BCUT2D eigenvalue weighted by molar-refractivity contribution is 5.80. The third-order valence-corrected chi connectivity index (χ3v) is 4.39. The van der Waals surface area contributed by atoms with Crippen LogP contribution in [0, 0.1) is 5.41 Å². The topological polar surface area (TPSA) is 64.8 Å². The lowest BCUT2D eigenvalue weighted by molar-refractivity contribution is -0.132. The summed E-state index contributed by atoms with van der Waals surface area (Å²) in [4.78, 5) is 18.8. The smallest absolute Gasteiger partial charge is 0.395 e. The van der Waals surface area contributed by atoms with Gasteiger partial charge in [-0.3, -0.25) is 4.79 Å². The lowest BCUT2D eigenvalue weighted by Gasteiger charge is -2.32. The van der Waals surface area contributed by atoms with Gasteiger partial charge < -0.3 is 18.8 Å². The molecule has 0 saturated carbocycles. The Kier molecular flexibility index (Phi) is 5.65. The molecule has 0 atom stereocenters. The molecule has 0 aliphatic heterocycles. The maximum absolute atomic E-state index is 12.9. The van der Waals surface area contributed by atoms with Gasteiger partial charge >= 0.3 is 6.08 Å². The molecule has 27 heavy (non-hydrogen) atoms. The summed E-state index contributed by atoms with van der Waals surface area (Å²) in [5, 5.41) is 0. The van der Waals surface area contributed by atoms with E-state index >= 15 is 0 Å². The van der Waals surface area contributed by atoms with Crippen LogP contribution in [0.25, 0.3) is 11.1 Å². The van der Waals surface area contributed by atoms with Crippen LogP contribution in [0.4, 0.5) is 0 Å². The SMILES string of the molecule is COCCN(C(=O)COc1nc2ccccc2o1)C1=CC(C)(C)CC(C)=C1. The Morgan fingerprint density at radius 1 is 1.33 bits per heavy atom. The monoisotopic (exact) mass is 370 g/mol. The average Bonchev–Trinajstić information content (AvgIpc) is 3.01. The first-order valence-electron chi connectivity index (χ1n) is 9.06. The molecule has 0 spiro atoms. The number of para-hydroxylation sites is 2. The first kappa shape index (κ1) is 19.2. The van der Waals surface area contributed by atoms with Crippen molar-refractivity contribution in [3.63, 3.8) is 0 Å². The second kappa shape index (κ2) is 7.96. The van der Waals surface area contributed by atoms with Crippen LogP contribution in [0.1, 0.15) is 27.2 Å². The highest BCUT2D eigenvalue weighted by Crippen LogP contribution is 2.34. The number of aromatic nitrogens is 1. The summed E-state index contributed by atoms with van der Waals surface area (Å²) in [5.74, 6) is -0.165. The fraction of sp³-hybridized carbons (Fsp3) is 0.429. The fourth-order valence-electron chi connectivity index (χ4n) is 3.37. The van der Waals surface area contributed by atoms with E-state index in [2.05, 4.69) is 37.9 Å². The Morgan fingerprint density at radius 2 is 2.11 bits per heavy atom. The third-order valence-electron chi connectivity index (χ3n) is 4.39. The lowest BCUT2D eigenvalue weighted by atomic mass is 9.81. The number of rotatable bonds is 7. The molecule has 1 heterocycles. The van der Waals surface area contributed by atoms with Crippen molar-refractivity contribution in [2.75, 3.05) is 26.9 Å². The van der Waals surface area contributed by atoms with Gasteiger partial charge in [0, 0.05) is 19.4 Å². The number of fused-ring (bicyclic) bond motifs is 1. The van der Waals surface area contributed by atoms with Gasteiger partial charge in [-0.25, -0.2) is 0 Å². The van der Waals surface area contributed by atoms with E-state index in [1.807, 2.05) is 24.3 Å².